The van der Waals surface area contributed by atoms with Gasteiger partial charge < -0.3 is 9.64 Å². The van der Waals surface area contributed by atoms with Gasteiger partial charge in [0, 0.05) is 44.1 Å². The largest absolute Gasteiger partial charge is 0.492 e. The zero-order chi connectivity index (χ0) is 21.3. The molecule has 0 saturated carbocycles. The molecule has 2 aromatic heterocycles. The average molecular weight is 442 g/mol. The normalized spacial score (nSPS) is 17.6. The first-order chi connectivity index (χ1) is 15.1. The third-order valence-corrected chi connectivity index (χ3v) is 7.92. The molecule has 8 nitrogen and oxygen atoms in total. The number of hydrogen-bond acceptors (Lipinski definition) is 6. The number of aromatic nitrogens is 3. The highest BCUT2D eigenvalue weighted by molar-refractivity contribution is 7.89. The summed E-state index contributed by atoms with van der Waals surface area (Å²) in [4.78, 5) is 6.85. The van der Waals surface area contributed by atoms with Crippen molar-refractivity contribution < 1.29 is 13.2 Å². The highest BCUT2D eigenvalue weighted by Crippen LogP contribution is 2.30. The molecule has 0 N–H and O–H groups in total. The topological polar surface area (TPSA) is 80.0 Å². The Balaban J connectivity index is 1.25. The van der Waals surface area contributed by atoms with E-state index < -0.39 is 10.0 Å². The van der Waals surface area contributed by atoms with E-state index in [-0.39, 0.29) is 12.4 Å². The Morgan fingerprint density at radius 3 is 2.58 bits per heavy atom. The van der Waals surface area contributed by atoms with E-state index >= 15 is 0 Å². The highest BCUT2D eigenvalue weighted by atomic mass is 32.2. The SMILES string of the molecule is O=S(=O)(CCOc1ccccc1)N1CCN(c2nccn3nc4c(c23)CCCC4)CC1. The lowest BCUT2D eigenvalue weighted by Gasteiger charge is -2.35. The first-order valence-electron chi connectivity index (χ1n) is 10.9. The van der Waals surface area contributed by atoms with Crippen LogP contribution >= 0.6 is 0 Å². The summed E-state index contributed by atoms with van der Waals surface area (Å²) in [6.45, 7) is 2.28. The number of aryl methyl sites for hydroxylation is 2. The van der Waals surface area contributed by atoms with E-state index in [9.17, 15) is 8.42 Å². The van der Waals surface area contributed by atoms with Gasteiger partial charge in [-0.05, 0) is 37.8 Å². The minimum absolute atomic E-state index is 0.0220. The maximum absolute atomic E-state index is 12.8. The lowest BCUT2D eigenvalue weighted by molar-refractivity contribution is 0.331. The molecule has 1 aliphatic heterocycles. The molecular weight excluding hydrogens is 414 g/mol. The summed E-state index contributed by atoms with van der Waals surface area (Å²) in [6.07, 6.45) is 8.11. The van der Waals surface area contributed by atoms with E-state index in [1.54, 1.807) is 10.5 Å². The second kappa shape index (κ2) is 8.47. The Labute approximate surface area is 182 Å². The molecule has 1 aromatic carbocycles. The molecule has 5 rings (SSSR count). The van der Waals surface area contributed by atoms with Gasteiger partial charge >= 0.3 is 0 Å². The van der Waals surface area contributed by atoms with E-state index in [4.69, 9.17) is 9.84 Å². The van der Waals surface area contributed by atoms with Crippen LogP contribution in [0.1, 0.15) is 24.1 Å². The first-order valence-corrected chi connectivity index (χ1v) is 12.5. The fourth-order valence-corrected chi connectivity index (χ4v) is 5.74. The Bertz CT molecular complexity index is 1150. The van der Waals surface area contributed by atoms with Crippen molar-refractivity contribution in [3.05, 3.63) is 54.0 Å². The van der Waals surface area contributed by atoms with Gasteiger partial charge in [0.1, 0.15) is 17.9 Å². The fourth-order valence-electron chi connectivity index (χ4n) is 4.47. The fraction of sp³-hybridized carbons (Fsp3) is 0.455. The number of fused-ring (bicyclic) bond motifs is 3. The van der Waals surface area contributed by atoms with Gasteiger partial charge in [-0.2, -0.15) is 9.40 Å². The molecule has 1 saturated heterocycles. The Morgan fingerprint density at radius 1 is 1.00 bits per heavy atom. The van der Waals surface area contributed by atoms with Crippen molar-refractivity contribution in [1.29, 1.82) is 0 Å². The standard InChI is InChI=1S/C22H27N5O3S/c28-31(29,17-16-30-18-6-2-1-3-7-18)26-14-12-25(13-15-26)22-21-19-8-4-5-9-20(19)24-27(21)11-10-23-22/h1-3,6-7,10-11H,4-5,8-9,12-17H2. The minimum atomic E-state index is -3.36. The molecule has 1 fully saturated rings. The molecule has 0 spiro atoms. The Kier molecular flexibility index (Phi) is 5.54. The van der Waals surface area contributed by atoms with Gasteiger partial charge in [-0.1, -0.05) is 18.2 Å². The zero-order valence-corrected chi connectivity index (χ0v) is 18.3. The van der Waals surface area contributed by atoms with Gasteiger partial charge in [-0.15, -0.1) is 0 Å². The number of ether oxygens (including phenoxy) is 1. The third kappa shape index (κ3) is 4.12. The molecule has 164 valence electrons. The molecule has 0 atom stereocenters. The maximum atomic E-state index is 12.8. The number of rotatable bonds is 6. The van der Waals surface area contributed by atoms with Crippen molar-refractivity contribution in [2.45, 2.75) is 25.7 Å². The summed E-state index contributed by atoms with van der Waals surface area (Å²) in [7, 11) is -3.36. The summed E-state index contributed by atoms with van der Waals surface area (Å²) in [5.41, 5.74) is 3.58. The van der Waals surface area contributed by atoms with Crippen molar-refractivity contribution in [1.82, 2.24) is 18.9 Å². The van der Waals surface area contributed by atoms with Crippen LogP contribution in [0.25, 0.3) is 5.52 Å². The van der Waals surface area contributed by atoms with Crippen molar-refractivity contribution in [2.75, 3.05) is 43.4 Å². The molecule has 1 aliphatic carbocycles. The van der Waals surface area contributed by atoms with Crippen LogP contribution in [0.3, 0.4) is 0 Å². The molecular formula is C22H27N5O3S. The van der Waals surface area contributed by atoms with Crippen molar-refractivity contribution >= 4 is 21.4 Å². The number of sulfonamides is 1. The predicted molar refractivity (Wildman–Crippen MR) is 119 cm³/mol. The van der Waals surface area contributed by atoms with E-state index in [2.05, 4.69) is 9.88 Å². The number of para-hydroxylation sites is 1. The van der Waals surface area contributed by atoms with Gasteiger partial charge in [0.15, 0.2) is 5.82 Å². The first kappa shape index (κ1) is 20.3. The maximum Gasteiger partial charge on any atom is 0.217 e. The van der Waals surface area contributed by atoms with Crippen LogP contribution in [-0.4, -0.2) is 65.9 Å². The summed E-state index contributed by atoms with van der Waals surface area (Å²) < 4.78 is 34.7. The summed E-state index contributed by atoms with van der Waals surface area (Å²) >= 11 is 0. The molecule has 31 heavy (non-hydrogen) atoms. The number of nitrogens with zero attached hydrogens (tertiary/aromatic N) is 5. The molecule has 0 unspecified atom stereocenters. The van der Waals surface area contributed by atoms with Gasteiger partial charge in [-0.3, -0.25) is 0 Å². The van der Waals surface area contributed by atoms with Crippen LogP contribution in [0.2, 0.25) is 0 Å². The van der Waals surface area contributed by atoms with E-state index in [1.165, 1.54) is 24.1 Å². The molecule has 0 radical (unpaired) electrons. The molecule has 2 aliphatic rings. The summed E-state index contributed by atoms with van der Waals surface area (Å²) in [6, 6.07) is 9.30. The van der Waals surface area contributed by atoms with E-state index in [1.807, 2.05) is 41.0 Å². The van der Waals surface area contributed by atoms with Crippen LogP contribution in [0.5, 0.6) is 5.75 Å². The Hall–Kier alpha value is -2.65. The summed E-state index contributed by atoms with van der Waals surface area (Å²) in [5.74, 6) is 1.58. The highest BCUT2D eigenvalue weighted by Gasteiger charge is 2.29. The number of anilines is 1. The quantitative estimate of drug-likeness (QED) is 0.583. The van der Waals surface area contributed by atoms with E-state index in [0.29, 0.717) is 31.9 Å². The second-order valence-corrected chi connectivity index (χ2v) is 10.1. The monoisotopic (exact) mass is 441 g/mol. The van der Waals surface area contributed by atoms with Crippen LogP contribution in [0.4, 0.5) is 5.82 Å². The van der Waals surface area contributed by atoms with Crippen molar-refractivity contribution in [2.24, 2.45) is 0 Å². The molecule has 0 amide bonds. The number of hydrogen-bond donors (Lipinski definition) is 0. The van der Waals surface area contributed by atoms with Gasteiger partial charge in [0.25, 0.3) is 0 Å². The lowest BCUT2D eigenvalue weighted by atomic mass is 9.97. The minimum Gasteiger partial charge on any atom is -0.492 e. The molecule has 3 aromatic rings. The van der Waals surface area contributed by atoms with Crippen LogP contribution in [0.15, 0.2) is 42.7 Å². The van der Waals surface area contributed by atoms with Crippen LogP contribution in [0, 0.1) is 0 Å². The molecule has 0 bridgehead atoms. The van der Waals surface area contributed by atoms with E-state index in [0.717, 1.165) is 24.2 Å². The third-order valence-electron chi connectivity index (χ3n) is 6.08. The van der Waals surface area contributed by atoms with Gasteiger partial charge in [0.05, 0.1) is 11.4 Å². The average Bonchev–Trinajstić information content (AvgIpc) is 3.19. The van der Waals surface area contributed by atoms with Crippen molar-refractivity contribution in [3.8, 4) is 5.75 Å². The van der Waals surface area contributed by atoms with Crippen LogP contribution in [-0.2, 0) is 22.9 Å². The van der Waals surface area contributed by atoms with Gasteiger partial charge in [-0.25, -0.2) is 17.9 Å². The Morgan fingerprint density at radius 2 is 1.77 bits per heavy atom. The number of piperazine rings is 1. The predicted octanol–water partition coefficient (Wildman–Crippen LogP) is 2.14. The number of benzene rings is 1. The molecule has 3 heterocycles. The lowest BCUT2D eigenvalue weighted by Crippen LogP contribution is -2.50. The zero-order valence-electron chi connectivity index (χ0n) is 17.5. The summed E-state index contributed by atoms with van der Waals surface area (Å²) in [5, 5.41) is 4.75. The van der Waals surface area contributed by atoms with Gasteiger partial charge in [0.2, 0.25) is 10.0 Å². The second-order valence-electron chi connectivity index (χ2n) is 8.04. The molecule has 9 heteroatoms. The van der Waals surface area contributed by atoms with Crippen LogP contribution < -0.4 is 9.64 Å². The smallest absolute Gasteiger partial charge is 0.217 e. The van der Waals surface area contributed by atoms with Crippen molar-refractivity contribution in [3.63, 3.8) is 0 Å².